The van der Waals surface area contributed by atoms with Crippen molar-refractivity contribution in [2.24, 2.45) is 0 Å². The van der Waals surface area contributed by atoms with E-state index in [2.05, 4.69) is 70.0 Å². The Labute approximate surface area is 145 Å². The van der Waals surface area contributed by atoms with Gasteiger partial charge in [-0.25, -0.2) is 0 Å². The second-order valence-electron chi connectivity index (χ2n) is 6.75. The molecule has 2 unspecified atom stereocenters. The molecular weight excluding hydrogens is 387 g/mol. The van der Waals surface area contributed by atoms with Gasteiger partial charge in [0.25, 0.3) is 0 Å². The van der Waals surface area contributed by atoms with E-state index in [1.165, 1.54) is 28.4 Å². The average Bonchev–Trinajstić information content (AvgIpc) is 3.02. The van der Waals surface area contributed by atoms with E-state index in [4.69, 9.17) is 4.52 Å². The minimum Gasteiger partial charge on any atom is -0.361 e. The molecule has 22 heavy (non-hydrogen) atoms. The standard InChI is InChI=1S/C18H21IN2O/c1-11-9-17(22-20-11)18-15(12-3-5-13(19)6-4-12)10-14-7-8-16(18)21(14)2/h3-6,9,14-16,18H,7-8,10H2,1-2H3/t14?,15-,16?,18+/m1/s1. The lowest BCUT2D eigenvalue weighted by Crippen LogP contribution is -2.44. The van der Waals surface area contributed by atoms with Crippen molar-refractivity contribution in [2.75, 3.05) is 7.05 Å². The first-order valence-corrected chi connectivity index (χ1v) is 9.12. The summed E-state index contributed by atoms with van der Waals surface area (Å²) in [6, 6.07) is 12.5. The van der Waals surface area contributed by atoms with Crippen molar-refractivity contribution in [1.82, 2.24) is 10.1 Å². The maximum absolute atomic E-state index is 5.70. The Morgan fingerprint density at radius 2 is 2.00 bits per heavy atom. The summed E-state index contributed by atoms with van der Waals surface area (Å²) in [7, 11) is 2.28. The maximum Gasteiger partial charge on any atom is 0.142 e. The van der Waals surface area contributed by atoms with Gasteiger partial charge < -0.3 is 4.52 Å². The van der Waals surface area contributed by atoms with Gasteiger partial charge in [0.1, 0.15) is 5.76 Å². The zero-order valence-corrected chi connectivity index (χ0v) is 15.2. The van der Waals surface area contributed by atoms with Crippen molar-refractivity contribution in [3.63, 3.8) is 0 Å². The van der Waals surface area contributed by atoms with Gasteiger partial charge in [0.15, 0.2) is 0 Å². The molecule has 4 heteroatoms. The molecule has 0 N–H and O–H groups in total. The van der Waals surface area contributed by atoms with Gasteiger partial charge in [-0.05, 0) is 79.4 Å². The molecular formula is C18H21IN2O. The number of hydrogen-bond acceptors (Lipinski definition) is 3. The van der Waals surface area contributed by atoms with E-state index in [-0.39, 0.29) is 0 Å². The minimum atomic E-state index is 0.421. The molecule has 3 nitrogen and oxygen atoms in total. The number of fused-ring (bicyclic) bond motifs is 2. The van der Waals surface area contributed by atoms with E-state index in [9.17, 15) is 0 Å². The van der Waals surface area contributed by atoms with Gasteiger partial charge in [-0.1, -0.05) is 17.3 Å². The molecule has 2 aliphatic heterocycles. The van der Waals surface area contributed by atoms with Gasteiger partial charge in [0.05, 0.1) is 5.69 Å². The molecule has 1 aromatic heterocycles. The van der Waals surface area contributed by atoms with Gasteiger partial charge >= 0.3 is 0 Å². The molecule has 116 valence electrons. The molecule has 2 bridgehead atoms. The Morgan fingerprint density at radius 1 is 1.23 bits per heavy atom. The Bertz CT molecular complexity index is 666. The maximum atomic E-state index is 5.70. The van der Waals surface area contributed by atoms with E-state index < -0.39 is 0 Å². The number of piperidine rings is 1. The summed E-state index contributed by atoms with van der Waals surface area (Å²) in [6.45, 7) is 2.01. The lowest BCUT2D eigenvalue weighted by Gasteiger charge is -2.42. The van der Waals surface area contributed by atoms with Crippen LogP contribution < -0.4 is 0 Å². The third-order valence-corrected chi connectivity index (χ3v) is 6.26. The predicted molar refractivity (Wildman–Crippen MR) is 95.1 cm³/mol. The summed E-state index contributed by atoms with van der Waals surface area (Å²) in [6.07, 6.45) is 3.80. The third-order valence-electron chi connectivity index (χ3n) is 5.54. The van der Waals surface area contributed by atoms with Crippen LogP contribution in [-0.4, -0.2) is 29.2 Å². The highest BCUT2D eigenvalue weighted by Crippen LogP contribution is 2.50. The second kappa shape index (κ2) is 5.64. The first kappa shape index (κ1) is 14.7. The second-order valence-corrected chi connectivity index (χ2v) is 8.00. The average molecular weight is 408 g/mol. The van der Waals surface area contributed by atoms with E-state index in [1.807, 2.05) is 6.92 Å². The van der Waals surface area contributed by atoms with Crippen LogP contribution >= 0.6 is 22.6 Å². The number of rotatable bonds is 2. The summed E-state index contributed by atoms with van der Waals surface area (Å²) < 4.78 is 7.00. The zero-order valence-electron chi connectivity index (χ0n) is 13.0. The largest absolute Gasteiger partial charge is 0.361 e. The van der Waals surface area contributed by atoms with E-state index in [0.29, 0.717) is 17.9 Å². The van der Waals surface area contributed by atoms with Crippen LogP contribution in [-0.2, 0) is 0 Å². The molecule has 0 aliphatic carbocycles. The number of likely N-dealkylation sites (N-methyl/N-ethyl adjacent to an activating group) is 1. The van der Waals surface area contributed by atoms with Crippen molar-refractivity contribution in [3.05, 3.63) is 50.9 Å². The number of halogens is 1. The Balaban J connectivity index is 1.76. The predicted octanol–water partition coefficient (Wildman–Crippen LogP) is 4.32. The summed E-state index contributed by atoms with van der Waals surface area (Å²) in [5, 5.41) is 4.15. The molecule has 0 radical (unpaired) electrons. The van der Waals surface area contributed by atoms with E-state index >= 15 is 0 Å². The number of hydrogen-bond donors (Lipinski definition) is 0. The molecule has 2 saturated heterocycles. The fourth-order valence-corrected chi connectivity index (χ4v) is 4.81. The minimum absolute atomic E-state index is 0.421. The Hall–Kier alpha value is -0.880. The SMILES string of the molecule is Cc1cc([C@@H]2C3CCC(C[C@@H]2c2ccc(I)cc2)N3C)on1. The van der Waals surface area contributed by atoms with Crippen molar-refractivity contribution in [1.29, 1.82) is 0 Å². The molecule has 3 heterocycles. The fourth-order valence-electron chi connectivity index (χ4n) is 4.45. The van der Waals surface area contributed by atoms with Gasteiger partial charge in [0, 0.05) is 27.6 Å². The molecule has 4 rings (SSSR count). The summed E-state index contributed by atoms with van der Waals surface area (Å²) >= 11 is 2.37. The van der Waals surface area contributed by atoms with Gasteiger partial charge in [-0.15, -0.1) is 0 Å². The highest BCUT2D eigenvalue weighted by molar-refractivity contribution is 14.1. The number of nitrogens with zero attached hydrogens (tertiary/aromatic N) is 2. The van der Waals surface area contributed by atoms with Crippen LogP contribution in [0.25, 0.3) is 0 Å². The third kappa shape index (κ3) is 2.40. The topological polar surface area (TPSA) is 29.3 Å². The van der Waals surface area contributed by atoms with Crippen LogP contribution in [0, 0.1) is 10.5 Å². The molecule has 0 amide bonds. The number of aromatic nitrogens is 1. The van der Waals surface area contributed by atoms with Gasteiger partial charge in [-0.3, -0.25) is 4.90 Å². The Kier molecular flexibility index (Phi) is 3.77. The molecule has 0 spiro atoms. The molecule has 2 aromatic rings. The van der Waals surface area contributed by atoms with Crippen LogP contribution in [0.1, 0.15) is 48.1 Å². The molecule has 2 fully saturated rings. The van der Waals surface area contributed by atoms with Crippen molar-refractivity contribution in [2.45, 2.75) is 50.1 Å². The van der Waals surface area contributed by atoms with Crippen LogP contribution in [0.5, 0.6) is 0 Å². The van der Waals surface area contributed by atoms with Gasteiger partial charge in [-0.2, -0.15) is 0 Å². The fraction of sp³-hybridized carbons (Fsp3) is 0.500. The Morgan fingerprint density at radius 3 is 2.68 bits per heavy atom. The normalized spacial score (nSPS) is 31.6. The highest BCUT2D eigenvalue weighted by Gasteiger charge is 2.47. The van der Waals surface area contributed by atoms with Crippen molar-refractivity contribution >= 4 is 22.6 Å². The number of benzene rings is 1. The number of aryl methyl sites for hydroxylation is 1. The first-order chi connectivity index (χ1) is 10.6. The van der Waals surface area contributed by atoms with Crippen LogP contribution in [0.2, 0.25) is 0 Å². The molecule has 4 atom stereocenters. The summed E-state index contributed by atoms with van der Waals surface area (Å²) in [5.41, 5.74) is 2.43. The summed E-state index contributed by atoms with van der Waals surface area (Å²) in [5.74, 6) is 2.03. The van der Waals surface area contributed by atoms with E-state index in [1.54, 1.807) is 0 Å². The van der Waals surface area contributed by atoms with E-state index in [0.717, 1.165) is 17.5 Å². The lowest BCUT2D eigenvalue weighted by molar-refractivity contribution is 0.122. The first-order valence-electron chi connectivity index (χ1n) is 8.04. The monoisotopic (exact) mass is 408 g/mol. The van der Waals surface area contributed by atoms with Crippen LogP contribution in [0.4, 0.5) is 0 Å². The highest BCUT2D eigenvalue weighted by atomic mass is 127. The molecule has 1 aromatic carbocycles. The smallest absolute Gasteiger partial charge is 0.142 e. The quantitative estimate of drug-likeness (QED) is 0.694. The molecule has 0 saturated carbocycles. The van der Waals surface area contributed by atoms with Crippen LogP contribution in [0.3, 0.4) is 0 Å². The lowest BCUT2D eigenvalue weighted by atomic mass is 9.75. The van der Waals surface area contributed by atoms with Gasteiger partial charge in [0.2, 0.25) is 0 Å². The summed E-state index contributed by atoms with van der Waals surface area (Å²) in [4.78, 5) is 2.58. The van der Waals surface area contributed by atoms with Crippen molar-refractivity contribution < 1.29 is 4.52 Å². The van der Waals surface area contributed by atoms with Crippen molar-refractivity contribution in [3.8, 4) is 0 Å². The zero-order chi connectivity index (χ0) is 15.3. The van der Waals surface area contributed by atoms with Crippen LogP contribution in [0.15, 0.2) is 34.9 Å². The molecule has 2 aliphatic rings.